The Morgan fingerprint density at radius 1 is 2.00 bits per heavy atom. The van der Waals surface area contributed by atoms with Crippen LogP contribution in [0.25, 0.3) is 0 Å². The maximum Gasteiger partial charge on any atom is 0.107 e. The molecule has 2 heteroatoms. The highest BCUT2D eigenvalue weighted by molar-refractivity contribution is 5.77. The van der Waals surface area contributed by atoms with Gasteiger partial charge in [-0.25, -0.2) is 0 Å². The molecule has 1 atom stereocenters. The predicted octanol–water partition coefficient (Wildman–Crippen LogP) is -0.568. The summed E-state index contributed by atoms with van der Waals surface area (Å²) >= 11 is 0. The van der Waals surface area contributed by atoms with E-state index >= 15 is 0 Å². The molecule has 2 nitrogen and oxygen atoms in total. The highest BCUT2D eigenvalue weighted by Gasteiger charge is 2.08. The number of aliphatic imine (C=N–C) groups is 1. The molecule has 0 fully saturated rings. The fourth-order valence-electron chi connectivity index (χ4n) is 0.155. The molecule has 5 heavy (non-hydrogen) atoms. The molecule has 0 radical (unpaired) electrons. The van der Waals surface area contributed by atoms with Crippen molar-refractivity contribution in [2.45, 2.75) is 6.04 Å². The molecule has 1 rings (SSSR count). The Kier molecular flexibility index (Phi) is 0.451. The molecule has 0 spiro atoms. The smallest absolute Gasteiger partial charge is 0.107 e. The molecule has 1 heterocycles. The highest BCUT2D eigenvalue weighted by atomic mass is 16.3. The molecule has 1 aliphatic heterocycles. The van der Waals surface area contributed by atoms with Gasteiger partial charge in [-0.1, -0.05) is 0 Å². The summed E-state index contributed by atoms with van der Waals surface area (Å²) < 4.78 is 0. The van der Waals surface area contributed by atoms with Gasteiger partial charge in [0.15, 0.2) is 0 Å². The fraction of sp³-hybridized carbons (Fsp3) is 0.667. The van der Waals surface area contributed by atoms with Gasteiger partial charge in [-0.2, -0.15) is 0 Å². The molecule has 0 saturated carbocycles. The Labute approximate surface area is 30.2 Å². The van der Waals surface area contributed by atoms with Crippen LogP contribution >= 0.6 is 0 Å². The van der Waals surface area contributed by atoms with Crippen molar-refractivity contribution in [3.63, 3.8) is 0 Å². The minimum absolute atomic E-state index is 0.190. The third-order valence-electron chi connectivity index (χ3n) is 0.547. The van der Waals surface area contributed by atoms with E-state index in [0.29, 0.717) is 0 Å². The number of aliphatic hydroxyl groups excluding tert-OH is 1. The molecule has 0 aliphatic carbocycles. The van der Waals surface area contributed by atoms with Gasteiger partial charge in [-0.05, 0) is 0 Å². The van der Waals surface area contributed by atoms with Gasteiger partial charge in [0.2, 0.25) is 0 Å². The van der Waals surface area contributed by atoms with E-state index in [1.54, 1.807) is 6.21 Å². The van der Waals surface area contributed by atoms with Crippen molar-refractivity contribution in [1.82, 2.24) is 0 Å². The topological polar surface area (TPSA) is 32.6 Å². The zero-order chi connectivity index (χ0) is 3.70. The summed E-state index contributed by atoms with van der Waals surface area (Å²) in [6, 6.07) is 0.190. The van der Waals surface area contributed by atoms with Gasteiger partial charge < -0.3 is 5.11 Å². The first kappa shape index (κ1) is 2.85. The monoisotopic (exact) mass is 71.0 g/mol. The van der Waals surface area contributed by atoms with Crippen LogP contribution in [-0.4, -0.2) is 24.0 Å². The minimum atomic E-state index is 0.190. The maximum absolute atomic E-state index is 8.08. The van der Waals surface area contributed by atoms with Crippen LogP contribution < -0.4 is 0 Å². The third kappa shape index (κ3) is 0.450. The van der Waals surface area contributed by atoms with Crippen LogP contribution in [0.4, 0.5) is 0 Å². The van der Waals surface area contributed by atoms with Crippen LogP contribution in [-0.2, 0) is 0 Å². The lowest BCUT2D eigenvalue weighted by Gasteiger charge is -1.73. The molecule has 1 N–H and O–H groups in total. The first-order chi connectivity index (χ1) is 2.43. The lowest BCUT2D eigenvalue weighted by Crippen LogP contribution is -1.91. The van der Waals surface area contributed by atoms with E-state index in [9.17, 15) is 0 Å². The number of nitrogens with zero attached hydrogens (tertiary/aromatic N) is 1. The van der Waals surface area contributed by atoms with Crippen LogP contribution in [0.5, 0.6) is 0 Å². The molecule has 0 saturated heterocycles. The first-order valence-corrected chi connectivity index (χ1v) is 1.57. The van der Waals surface area contributed by atoms with E-state index in [-0.39, 0.29) is 12.6 Å². The fourth-order valence-corrected chi connectivity index (χ4v) is 0.155. The minimum Gasteiger partial charge on any atom is -0.394 e. The van der Waals surface area contributed by atoms with Gasteiger partial charge in [0.05, 0.1) is 6.61 Å². The van der Waals surface area contributed by atoms with E-state index in [1.807, 2.05) is 0 Å². The van der Waals surface area contributed by atoms with E-state index in [0.717, 1.165) is 0 Å². The second-order valence-electron chi connectivity index (χ2n) is 1.05. The quantitative estimate of drug-likeness (QED) is 0.441. The van der Waals surface area contributed by atoms with E-state index in [4.69, 9.17) is 5.11 Å². The molecular weight excluding hydrogens is 66.0 g/mol. The Morgan fingerprint density at radius 3 is 2.60 bits per heavy atom. The van der Waals surface area contributed by atoms with Crippen LogP contribution in [0.2, 0.25) is 0 Å². The van der Waals surface area contributed by atoms with Crippen molar-refractivity contribution in [2.24, 2.45) is 4.99 Å². The molecule has 1 aliphatic rings. The van der Waals surface area contributed by atoms with E-state index < -0.39 is 0 Å². The normalized spacial score (nSPS) is 31.0. The molecule has 1 unspecified atom stereocenters. The number of hydrogen-bond acceptors (Lipinski definition) is 2. The molecule has 0 aromatic rings. The van der Waals surface area contributed by atoms with Gasteiger partial charge >= 0.3 is 0 Å². The van der Waals surface area contributed by atoms with Crippen molar-refractivity contribution in [3.8, 4) is 0 Å². The Balaban J connectivity index is 2.06. The van der Waals surface area contributed by atoms with Gasteiger partial charge in [0.1, 0.15) is 6.04 Å². The SMILES string of the molecule is OCC1C=N1. The number of rotatable bonds is 1. The van der Waals surface area contributed by atoms with Crippen LogP contribution in [0, 0.1) is 0 Å². The van der Waals surface area contributed by atoms with Gasteiger partial charge in [0.25, 0.3) is 0 Å². The summed E-state index contributed by atoms with van der Waals surface area (Å²) in [4.78, 5) is 3.65. The van der Waals surface area contributed by atoms with Crippen molar-refractivity contribution in [1.29, 1.82) is 0 Å². The van der Waals surface area contributed by atoms with Gasteiger partial charge in [0, 0.05) is 6.21 Å². The standard InChI is InChI=1S/C3H5NO/c5-2-3-1-4-3/h1,3,5H,2H2. The highest BCUT2D eigenvalue weighted by Crippen LogP contribution is 1.95. The van der Waals surface area contributed by atoms with E-state index in [2.05, 4.69) is 4.99 Å². The maximum atomic E-state index is 8.08. The lowest BCUT2D eigenvalue weighted by molar-refractivity contribution is 0.302. The number of hydrogen-bond donors (Lipinski definition) is 1. The summed E-state index contributed by atoms with van der Waals surface area (Å²) in [5, 5.41) is 8.08. The zero-order valence-corrected chi connectivity index (χ0v) is 2.76. The molecule has 0 amide bonds. The molecule has 28 valence electrons. The summed E-state index contributed by atoms with van der Waals surface area (Å²) in [5.41, 5.74) is 0. The summed E-state index contributed by atoms with van der Waals surface area (Å²) in [6.07, 6.45) is 1.72. The van der Waals surface area contributed by atoms with Gasteiger partial charge in [-0.3, -0.25) is 4.99 Å². The summed E-state index contributed by atoms with van der Waals surface area (Å²) in [6.45, 7) is 0.194. The van der Waals surface area contributed by atoms with Crippen molar-refractivity contribution < 1.29 is 5.11 Å². The van der Waals surface area contributed by atoms with Crippen LogP contribution in [0.3, 0.4) is 0 Å². The van der Waals surface area contributed by atoms with Crippen molar-refractivity contribution in [3.05, 3.63) is 0 Å². The largest absolute Gasteiger partial charge is 0.394 e. The summed E-state index contributed by atoms with van der Waals surface area (Å²) in [5.74, 6) is 0. The average molecular weight is 71.1 g/mol. The number of aliphatic hydroxyl groups is 1. The van der Waals surface area contributed by atoms with Crippen molar-refractivity contribution in [2.75, 3.05) is 6.61 Å². The van der Waals surface area contributed by atoms with Gasteiger partial charge in [-0.15, -0.1) is 0 Å². The molecule has 0 aromatic carbocycles. The predicted molar refractivity (Wildman–Crippen MR) is 19.4 cm³/mol. The Hall–Kier alpha value is -0.370. The third-order valence-corrected chi connectivity index (χ3v) is 0.547. The zero-order valence-electron chi connectivity index (χ0n) is 2.76. The Morgan fingerprint density at radius 2 is 2.60 bits per heavy atom. The molecule has 0 bridgehead atoms. The van der Waals surface area contributed by atoms with E-state index in [1.165, 1.54) is 0 Å². The first-order valence-electron chi connectivity index (χ1n) is 1.57. The summed E-state index contributed by atoms with van der Waals surface area (Å²) in [7, 11) is 0. The second-order valence-corrected chi connectivity index (χ2v) is 1.05. The van der Waals surface area contributed by atoms with Crippen molar-refractivity contribution >= 4 is 6.21 Å². The lowest BCUT2D eigenvalue weighted by atomic mass is 10.5. The van der Waals surface area contributed by atoms with Crippen LogP contribution in [0.15, 0.2) is 4.99 Å². The Bertz CT molecular complexity index is 53.9. The average Bonchev–Trinajstić information content (AvgIpc) is 2.12. The van der Waals surface area contributed by atoms with Crippen LogP contribution in [0.1, 0.15) is 0 Å². The second kappa shape index (κ2) is 0.792. The molecular formula is C3H5NO. The molecule has 0 aromatic heterocycles.